The highest BCUT2D eigenvalue weighted by Gasteiger charge is 1.95. The average molecular weight is 188 g/mol. The van der Waals surface area contributed by atoms with Gasteiger partial charge in [-0.1, -0.05) is 12.2 Å². The number of anilines is 1. The molecule has 1 rings (SSSR count). The van der Waals surface area contributed by atoms with Gasteiger partial charge in [0.2, 0.25) is 0 Å². The number of hydrogen-bond acceptors (Lipinski definition) is 4. The van der Waals surface area contributed by atoms with E-state index in [9.17, 15) is 0 Å². The van der Waals surface area contributed by atoms with Crippen LogP contribution in [-0.4, -0.2) is 16.5 Å². The molecule has 0 spiro atoms. The van der Waals surface area contributed by atoms with E-state index in [0.29, 0.717) is 11.5 Å². The van der Waals surface area contributed by atoms with Gasteiger partial charge in [0, 0.05) is 12.6 Å². The van der Waals surface area contributed by atoms with Gasteiger partial charge in [-0.3, -0.25) is 0 Å². The lowest BCUT2D eigenvalue weighted by Gasteiger charge is -2.02. The number of allylic oxidation sites excluding steroid dienone is 1. The van der Waals surface area contributed by atoms with Gasteiger partial charge in [-0.15, -0.1) is 0 Å². The fourth-order valence-corrected chi connectivity index (χ4v) is 0.965. The highest BCUT2D eigenvalue weighted by atomic mass is 15.0. The summed E-state index contributed by atoms with van der Waals surface area (Å²) in [5.74, 6) is 0.695. The van der Waals surface area contributed by atoms with Crippen LogP contribution >= 0.6 is 0 Å². The van der Waals surface area contributed by atoms with E-state index in [1.54, 1.807) is 6.07 Å². The lowest BCUT2D eigenvalue weighted by Crippen LogP contribution is -2.02. The zero-order valence-corrected chi connectivity index (χ0v) is 8.07. The number of rotatable bonds is 4. The molecule has 0 aromatic carbocycles. The van der Waals surface area contributed by atoms with Crippen LogP contribution < -0.4 is 5.32 Å². The summed E-state index contributed by atoms with van der Waals surface area (Å²) in [6.07, 6.45) is 6.40. The van der Waals surface area contributed by atoms with Crippen molar-refractivity contribution < 1.29 is 0 Å². The Morgan fingerprint density at radius 2 is 2.43 bits per heavy atom. The molecule has 0 unspecified atom stereocenters. The first-order chi connectivity index (χ1) is 6.86. The topological polar surface area (TPSA) is 61.6 Å². The first-order valence-electron chi connectivity index (χ1n) is 4.44. The minimum Gasteiger partial charge on any atom is -0.370 e. The molecular formula is C10H12N4. The largest absolute Gasteiger partial charge is 0.370 e. The van der Waals surface area contributed by atoms with Crippen molar-refractivity contribution >= 4 is 5.82 Å². The van der Waals surface area contributed by atoms with Crippen molar-refractivity contribution in [3.8, 4) is 6.07 Å². The summed E-state index contributed by atoms with van der Waals surface area (Å²) in [5, 5.41) is 11.7. The molecule has 4 heteroatoms. The van der Waals surface area contributed by atoms with E-state index in [2.05, 4.69) is 21.4 Å². The van der Waals surface area contributed by atoms with E-state index >= 15 is 0 Å². The third-order valence-corrected chi connectivity index (χ3v) is 1.63. The maximum Gasteiger partial charge on any atom is 0.145 e. The van der Waals surface area contributed by atoms with Crippen molar-refractivity contribution in [1.29, 1.82) is 5.26 Å². The quantitative estimate of drug-likeness (QED) is 0.577. The monoisotopic (exact) mass is 188 g/mol. The number of nitrogens with zero attached hydrogens (tertiary/aromatic N) is 3. The number of hydrogen-bond donors (Lipinski definition) is 1. The predicted molar refractivity (Wildman–Crippen MR) is 54.7 cm³/mol. The lowest BCUT2D eigenvalue weighted by molar-refractivity contribution is 1.03. The molecule has 1 aromatic heterocycles. The minimum absolute atomic E-state index is 0.383. The van der Waals surface area contributed by atoms with E-state index in [4.69, 9.17) is 5.26 Å². The molecule has 1 aromatic rings. The van der Waals surface area contributed by atoms with Gasteiger partial charge in [0.1, 0.15) is 23.9 Å². The molecule has 0 saturated heterocycles. The van der Waals surface area contributed by atoms with Crippen molar-refractivity contribution in [2.75, 3.05) is 11.9 Å². The van der Waals surface area contributed by atoms with Gasteiger partial charge in [-0.2, -0.15) is 5.26 Å². The van der Waals surface area contributed by atoms with E-state index in [0.717, 1.165) is 13.0 Å². The van der Waals surface area contributed by atoms with Gasteiger partial charge >= 0.3 is 0 Å². The van der Waals surface area contributed by atoms with Crippen molar-refractivity contribution in [2.45, 2.75) is 13.3 Å². The molecule has 0 aliphatic rings. The van der Waals surface area contributed by atoms with E-state index in [1.165, 1.54) is 6.33 Å². The van der Waals surface area contributed by atoms with E-state index in [-0.39, 0.29) is 0 Å². The molecule has 0 saturated carbocycles. The normalized spacial score (nSPS) is 10.0. The fraction of sp³-hybridized carbons (Fsp3) is 0.300. The second-order valence-electron chi connectivity index (χ2n) is 2.68. The van der Waals surface area contributed by atoms with E-state index < -0.39 is 0 Å². The molecule has 4 nitrogen and oxygen atoms in total. The number of nitriles is 1. The minimum atomic E-state index is 0.383. The van der Waals surface area contributed by atoms with Crippen LogP contribution in [0.5, 0.6) is 0 Å². The van der Waals surface area contributed by atoms with Gasteiger partial charge in [-0.05, 0) is 13.3 Å². The fourth-order valence-electron chi connectivity index (χ4n) is 0.965. The highest BCUT2D eigenvalue weighted by molar-refractivity contribution is 5.38. The molecule has 1 N–H and O–H groups in total. The van der Waals surface area contributed by atoms with Gasteiger partial charge < -0.3 is 5.32 Å². The molecule has 0 aliphatic heterocycles. The second kappa shape index (κ2) is 5.70. The van der Waals surface area contributed by atoms with Crippen LogP contribution in [0.4, 0.5) is 5.82 Å². The molecule has 0 amide bonds. The average Bonchev–Trinajstić information content (AvgIpc) is 2.25. The molecule has 0 radical (unpaired) electrons. The molecule has 0 atom stereocenters. The van der Waals surface area contributed by atoms with Gasteiger partial charge in [0.15, 0.2) is 0 Å². The third kappa shape index (κ3) is 3.23. The summed E-state index contributed by atoms with van der Waals surface area (Å²) >= 11 is 0. The maximum absolute atomic E-state index is 8.59. The molecule has 0 bridgehead atoms. The van der Waals surface area contributed by atoms with Crippen LogP contribution in [-0.2, 0) is 0 Å². The van der Waals surface area contributed by atoms with Crippen LogP contribution in [0.25, 0.3) is 0 Å². The Hall–Kier alpha value is -1.89. The lowest BCUT2D eigenvalue weighted by atomic mass is 10.3. The Labute approximate surface area is 83.3 Å². The van der Waals surface area contributed by atoms with Crippen LogP contribution in [0.3, 0.4) is 0 Å². The number of nitrogens with one attached hydrogen (secondary N) is 1. The molecule has 0 fully saturated rings. The second-order valence-corrected chi connectivity index (χ2v) is 2.68. The molecule has 0 aliphatic carbocycles. The molecule has 1 heterocycles. The number of aromatic nitrogens is 2. The van der Waals surface area contributed by atoms with E-state index in [1.807, 2.05) is 19.1 Å². The van der Waals surface area contributed by atoms with Crippen molar-refractivity contribution in [1.82, 2.24) is 9.97 Å². The highest BCUT2D eigenvalue weighted by Crippen LogP contribution is 2.02. The van der Waals surface area contributed by atoms with Gasteiger partial charge in [0.25, 0.3) is 0 Å². The predicted octanol–water partition coefficient (Wildman–Crippen LogP) is 1.73. The maximum atomic E-state index is 8.59. The smallest absolute Gasteiger partial charge is 0.145 e. The Kier molecular flexibility index (Phi) is 4.15. The standard InChI is InChI=1S/C10H12N4/c1-2-3-4-5-12-10-6-9(7-11)13-8-14-10/h2-3,6,8H,4-5H2,1H3,(H,12,13,14)/b3-2+. The Balaban J connectivity index is 2.47. The van der Waals surface area contributed by atoms with Crippen LogP contribution in [0.2, 0.25) is 0 Å². The summed E-state index contributed by atoms with van der Waals surface area (Å²) in [4.78, 5) is 7.76. The Bertz CT molecular complexity index is 351. The zero-order chi connectivity index (χ0) is 10.2. The van der Waals surface area contributed by atoms with Crippen molar-refractivity contribution in [2.24, 2.45) is 0 Å². The van der Waals surface area contributed by atoms with Gasteiger partial charge in [-0.25, -0.2) is 9.97 Å². The Morgan fingerprint density at radius 1 is 1.57 bits per heavy atom. The summed E-state index contributed by atoms with van der Waals surface area (Å²) in [5.41, 5.74) is 0.383. The van der Waals surface area contributed by atoms with Crippen molar-refractivity contribution in [3.05, 3.63) is 30.2 Å². The summed E-state index contributed by atoms with van der Waals surface area (Å²) in [6.45, 7) is 2.80. The van der Waals surface area contributed by atoms with Crippen LogP contribution in [0.15, 0.2) is 24.5 Å². The van der Waals surface area contributed by atoms with Crippen LogP contribution in [0.1, 0.15) is 19.0 Å². The van der Waals surface area contributed by atoms with Crippen LogP contribution in [0, 0.1) is 11.3 Å². The Morgan fingerprint density at radius 3 is 3.14 bits per heavy atom. The molecular weight excluding hydrogens is 176 g/mol. The van der Waals surface area contributed by atoms with Crippen molar-refractivity contribution in [3.63, 3.8) is 0 Å². The third-order valence-electron chi connectivity index (χ3n) is 1.63. The SMILES string of the molecule is C/C=C/CCNc1cc(C#N)ncn1. The molecule has 14 heavy (non-hydrogen) atoms. The summed E-state index contributed by atoms with van der Waals surface area (Å²) in [7, 11) is 0. The zero-order valence-electron chi connectivity index (χ0n) is 8.07. The first-order valence-corrected chi connectivity index (χ1v) is 4.44. The summed E-state index contributed by atoms with van der Waals surface area (Å²) in [6, 6.07) is 3.60. The molecule has 72 valence electrons. The summed E-state index contributed by atoms with van der Waals surface area (Å²) < 4.78 is 0. The van der Waals surface area contributed by atoms with Gasteiger partial charge in [0.05, 0.1) is 0 Å². The first kappa shape index (κ1) is 10.2.